The van der Waals surface area contributed by atoms with Gasteiger partial charge in [0.2, 0.25) is 0 Å². The molecule has 0 saturated heterocycles. The minimum atomic E-state index is -4.30. The van der Waals surface area contributed by atoms with E-state index in [1.54, 1.807) is 0 Å². The molecule has 0 aliphatic carbocycles. The summed E-state index contributed by atoms with van der Waals surface area (Å²) in [7, 11) is -4.30. The van der Waals surface area contributed by atoms with E-state index in [2.05, 4.69) is 11.3 Å². The highest BCUT2D eigenvalue weighted by molar-refractivity contribution is 7.85. The lowest BCUT2D eigenvalue weighted by molar-refractivity contribution is -0.138. The summed E-state index contributed by atoms with van der Waals surface area (Å²) in [6.45, 7) is 4.27. The molecule has 0 aromatic carbocycles. The van der Waals surface area contributed by atoms with Gasteiger partial charge in [-0.15, -0.1) is 0 Å². The zero-order valence-electron chi connectivity index (χ0n) is 7.57. The lowest BCUT2D eigenvalue weighted by atomic mass is 10.4. The summed E-state index contributed by atoms with van der Waals surface area (Å²) in [5, 5.41) is 0. The second kappa shape index (κ2) is 5.68. The Hall–Kier alpha value is -0.920. The Morgan fingerprint density at radius 1 is 1.54 bits per heavy atom. The summed E-state index contributed by atoms with van der Waals surface area (Å²) in [4.78, 5) is 10.6. The van der Waals surface area contributed by atoms with Crippen molar-refractivity contribution in [2.45, 2.75) is 6.92 Å². The van der Waals surface area contributed by atoms with E-state index in [0.29, 0.717) is 0 Å². The number of esters is 1. The average molecular weight is 211 g/mol. The lowest BCUT2D eigenvalue weighted by Crippen LogP contribution is -2.14. The first-order valence-corrected chi connectivity index (χ1v) is 4.67. The fourth-order valence-corrected chi connectivity index (χ4v) is 0.647. The van der Waals surface area contributed by atoms with Crippen LogP contribution in [0.4, 0.5) is 0 Å². The monoisotopic (exact) mass is 211 g/mol. The van der Waals surface area contributed by atoms with Gasteiger partial charge in [0.25, 0.3) is 0 Å². The molecule has 7 heteroatoms. The van der Waals surface area contributed by atoms with Crippen LogP contribution in [0.3, 0.4) is 0 Å². The molecule has 0 aliphatic heterocycles. The number of rotatable bonds is 4. The predicted octanol–water partition coefficient (Wildman–Crippen LogP) is 0.0271. The van der Waals surface area contributed by atoms with E-state index in [1.807, 2.05) is 0 Å². The van der Waals surface area contributed by atoms with Gasteiger partial charge in [-0.05, 0) is 6.92 Å². The first kappa shape index (κ1) is 14.6. The van der Waals surface area contributed by atoms with Gasteiger partial charge in [-0.1, -0.05) is 6.58 Å². The molecule has 78 valence electrons. The summed E-state index contributed by atoms with van der Waals surface area (Å²) < 4.78 is 34.4. The molecule has 6 nitrogen and oxygen atoms in total. The molecule has 4 N–H and O–H groups in total. The first-order chi connectivity index (χ1) is 5.33. The maximum atomic E-state index is 10.6. The maximum Gasteiger partial charge on any atom is 0.333 e. The van der Waals surface area contributed by atoms with Crippen LogP contribution in [-0.2, 0) is 19.6 Å². The minimum Gasteiger partial charge on any atom is -0.748 e. The van der Waals surface area contributed by atoms with Crippen LogP contribution < -0.4 is 6.15 Å². The third-order valence-corrected chi connectivity index (χ3v) is 1.58. The van der Waals surface area contributed by atoms with Crippen LogP contribution in [0.1, 0.15) is 6.92 Å². The minimum absolute atomic E-state index is 0. The zero-order chi connectivity index (χ0) is 9.78. The number of carbonyl (C=O) groups excluding carboxylic acids is 1. The zero-order valence-corrected chi connectivity index (χ0v) is 8.39. The molecule has 0 unspecified atom stereocenters. The Bertz CT molecular complexity index is 281. The highest BCUT2D eigenvalue weighted by atomic mass is 32.2. The van der Waals surface area contributed by atoms with E-state index in [4.69, 9.17) is 0 Å². The Labute approximate surface area is 76.9 Å². The van der Waals surface area contributed by atoms with Gasteiger partial charge in [0, 0.05) is 5.57 Å². The molecule has 13 heavy (non-hydrogen) atoms. The van der Waals surface area contributed by atoms with Crippen molar-refractivity contribution in [3.8, 4) is 0 Å². The molecule has 0 aromatic heterocycles. The number of quaternary nitrogens is 1. The van der Waals surface area contributed by atoms with Gasteiger partial charge in [0.1, 0.15) is 6.61 Å². The van der Waals surface area contributed by atoms with Crippen LogP contribution in [0.15, 0.2) is 12.2 Å². The molecule has 0 spiro atoms. The van der Waals surface area contributed by atoms with E-state index in [1.165, 1.54) is 6.92 Å². The number of hydrogen-bond donors (Lipinski definition) is 1. The molecule has 0 radical (unpaired) electrons. The molecule has 0 fully saturated rings. The first-order valence-electron chi connectivity index (χ1n) is 3.09. The average Bonchev–Trinajstić information content (AvgIpc) is 1.84. The molecule has 0 bridgehead atoms. The third-order valence-electron chi connectivity index (χ3n) is 0.915. The number of hydrogen-bond acceptors (Lipinski definition) is 5. The molecule has 0 aliphatic rings. The third kappa shape index (κ3) is 8.99. The molecular formula is C6H13NO5S. The van der Waals surface area contributed by atoms with E-state index in [9.17, 15) is 17.8 Å². The van der Waals surface area contributed by atoms with Gasteiger partial charge in [-0.25, -0.2) is 13.2 Å². The summed E-state index contributed by atoms with van der Waals surface area (Å²) in [5.41, 5.74) is 0.165. The standard InChI is InChI=1S/C6H10O5S.H3N/c1-5(2)6(7)11-3-4-12(8,9)10;/h1,3-4H2,2H3,(H,8,9,10);1H3. The molecule has 0 heterocycles. The van der Waals surface area contributed by atoms with Crippen LogP contribution in [0, 0.1) is 0 Å². The van der Waals surface area contributed by atoms with Gasteiger partial charge in [-0.2, -0.15) is 0 Å². The second-order valence-electron chi connectivity index (χ2n) is 2.18. The quantitative estimate of drug-likeness (QED) is 0.399. The SMILES string of the molecule is C=C(C)C(=O)OCCS(=O)(=O)[O-].[NH4+]. The van der Waals surface area contributed by atoms with Crippen LogP contribution in [0.5, 0.6) is 0 Å². The van der Waals surface area contributed by atoms with Gasteiger partial charge in [0.05, 0.1) is 15.9 Å². The largest absolute Gasteiger partial charge is 0.748 e. The second-order valence-corrected chi connectivity index (χ2v) is 3.70. The van der Waals surface area contributed by atoms with Crippen molar-refractivity contribution >= 4 is 16.1 Å². The fourth-order valence-electron chi connectivity index (χ4n) is 0.360. The lowest BCUT2D eigenvalue weighted by Gasteiger charge is -2.06. The molecule has 0 saturated carbocycles. The molecular weight excluding hydrogens is 198 g/mol. The number of carbonyl (C=O) groups is 1. The topological polar surface area (TPSA) is 120 Å². The smallest absolute Gasteiger partial charge is 0.333 e. The molecule has 0 atom stereocenters. The summed E-state index contributed by atoms with van der Waals surface area (Å²) in [6, 6.07) is 0. The van der Waals surface area contributed by atoms with E-state index < -0.39 is 28.4 Å². The normalized spacial score (nSPS) is 10.0. The van der Waals surface area contributed by atoms with Crippen molar-refractivity contribution < 1.29 is 22.5 Å². The Morgan fingerprint density at radius 2 is 2.00 bits per heavy atom. The summed E-state index contributed by atoms with van der Waals surface area (Å²) >= 11 is 0. The molecule has 0 amide bonds. The van der Waals surface area contributed by atoms with Crippen LogP contribution in [0.25, 0.3) is 0 Å². The number of ether oxygens (including phenoxy) is 1. The summed E-state index contributed by atoms with van der Waals surface area (Å²) in [5.74, 6) is -1.40. The Balaban J connectivity index is 0. The van der Waals surface area contributed by atoms with Gasteiger partial charge in [-0.3, -0.25) is 0 Å². The van der Waals surface area contributed by atoms with Gasteiger partial charge >= 0.3 is 5.97 Å². The van der Waals surface area contributed by atoms with E-state index >= 15 is 0 Å². The van der Waals surface area contributed by atoms with Crippen LogP contribution in [0.2, 0.25) is 0 Å². The molecule has 0 rings (SSSR count). The predicted molar refractivity (Wildman–Crippen MR) is 46.3 cm³/mol. The van der Waals surface area contributed by atoms with E-state index in [-0.39, 0.29) is 11.7 Å². The van der Waals surface area contributed by atoms with Crippen molar-refractivity contribution in [3.63, 3.8) is 0 Å². The highest BCUT2D eigenvalue weighted by Gasteiger charge is 2.03. The molecule has 0 aromatic rings. The van der Waals surface area contributed by atoms with Crippen LogP contribution in [-0.4, -0.2) is 31.3 Å². The fraction of sp³-hybridized carbons (Fsp3) is 0.500. The van der Waals surface area contributed by atoms with Crippen molar-refractivity contribution in [3.05, 3.63) is 12.2 Å². The maximum absolute atomic E-state index is 10.6. The van der Waals surface area contributed by atoms with Crippen molar-refractivity contribution in [2.75, 3.05) is 12.4 Å². The van der Waals surface area contributed by atoms with Gasteiger partial charge < -0.3 is 15.4 Å². The van der Waals surface area contributed by atoms with Crippen molar-refractivity contribution in [1.82, 2.24) is 6.15 Å². The van der Waals surface area contributed by atoms with E-state index in [0.717, 1.165) is 0 Å². The summed E-state index contributed by atoms with van der Waals surface area (Å²) in [6.07, 6.45) is 0. The highest BCUT2D eigenvalue weighted by Crippen LogP contribution is 1.92. The van der Waals surface area contributed by atoms with Crippen LogP contribution >= 0.6 is 0 Å². The van der Waals surface area contributed by atoms with Crippen molar-refractivity contribution in [1.29, 1.82) is 0 Å². The van der Waals surface area contributed by atoms with Gasteiger partial charge in [0.15, 0.2) is 0 Å². The Kier molecular flexibility index (Phi) is 6.38. The Morgan fingerprint density at radius 3 is 2.31 bits per heavy atom. The van der Waals surface area contributed by atoms with Crippen molar-refractivity contribution in [2.24, 2.45) is 0 Å².